The maximum atomic E-state index is 11.9. The number of anilines is 1. The van der Waals surface area contributed by atoms with Gasteiger partial charge in [-0.05, 0) is 62.1 Å². The van der Waals surface area contributed by atoms with Gasteiger partial charge in [-0.15, -0.1) is 0 Å². The fourth-order valence-electron chi connectivity index (χ4n) is 5.34. The Kier molecular flexibility index (Phi) is 6.46. The van der Waals surface area contributed by atoms with Crippen molar-refractivity contribution in [3.05, 3.63) is 36.2 Å². The molecule has 32 heavy (non-hydrogen) atoms. The highest BCUT2D eigenvalue weighted by atomic mass is 16.5. The molecular formula is C25H34N4O3. The number of aliphatic hydroxyl groups excluding tert-OH is 1. The number of hydrogen-bond acceptors (Lipinski definition) is 5. The van der Waals surface area contributed by atoms with Crippen LogP contribution < -0.4 is 4.90 Å². The second-order valence-corrected chi connectivity index (χ2v) is 9.41. The molecule has 0 aliphatic carbocycles. The Morgan fingerprint density at radius 2 is 1.94 bits per heavy atom. The molecular weight excluding hydrogens is 404 g/mol. The Morgan fingerprint density at radius 3 is 2.66 bits per heavy atom. The van der Waals surface area contributed by atoms with Gasteiger partial charge in [-0.2, -0.15) is 5.10 Å². The topological polar surface area (TPSA) is 70.8 Å². The number of amides is 1. The summed E-state index contributed by atoms with van der Waals surface area (Å²) in [5.41, 5.74) is 4.20. The van der Waals surface area contributed by atoms with Crippen LogP contribution in [0.5, 0.6) is 0 Å². The molecule has 0 saturated carbocycles. The lowest BCUT2D eigenvalue weighted by Crippen LogP contribution is -2.39. The SMILES string of the molecule is O=C1CCCN1CC1CCN(c2ccc(-c3cnn(C4CCCCO4)c3)cc2CO)CC1. The lowest BCUT2D eigenvalue weighted by atomic mass is 9.95. The molecule has 7 nitrogen and oxygen atoms in total. The van der Waals surface area contributed by atoms with Crippen molar-refractivity contribution in [1.29, 1.82) is 0 Å². The molecule has 1 N–H and O–H groups in total. The molecule has 1 aromatic heterocycles. The Bertz CT molecular complexity index is 929. The standard InChI is InChI=1S/C25H34N4O3/c30-18-21-14-20(22-15-26-29(17-22)25-5-1-2-13-32-25)6-7-23(21)27-11-8-19(9-12-27)16-28-10-3-4-24(28)31/h6-7,14-15,17,19,25,30H,1-5,8-13,16,18H2. The number of hydrogen-bond donors (Lipinski definition) is 1. The fourth-order valence-corrected chi connectivity index (χ4v) is 5.34. The van der Waals surface area contributed by atoms with Crippen molar-refractivity contribution in [3.63, 3.8) is 0 Å². The summed E-state index contributed by atoms with van der Waals surface area (Å²) in [5, 5.41) is 14.6. The summed E-state index contributed by atoms with van der Waals surface area (Å²) in [6.07, 6.45) is 11.2. The van der Waals surface area contributed by atoms with Crippen molar-refractivity contribution >= 4 is 11.6 Å². The van der Waals surface area contributed by atoms with Gasteiger partial charge in [-0.3, -0.25) is 4.79 Å². The van der Waals surface area contributed by atoms with Crippen LogP contribution in [0.1, 0.15) is 56.7 Å². The first-order valence-electron chi connectivity index (χ1n) is 12.1. The zero-order valence-electron chi connectivity index (χ0n) is 18.8. The maximum absolute atomic E-state index is 11.9. The van der Waals surface area contributed by atoms with Crippen molar-refractivity contribution in [2.24, 2.45) is 5.92 Å². The van der Waals surface area contributed by atoms with Crippen LogP contribution in [-0.4, -0.2) is 58.5 Å². The molecule has 3 saturated heterocycles. The number of aromatic nitrogens is 2. The van der Waals surface area contributed by atoms with E-state index in [-0.39, 0.29) is 12.8 Å². The normalized spacial score (nSPS) is 22.7. The predicted molar refractivity (Wildman–Crippen MR) is 123 cm³/mol. The zero-order valence-corrected chi connectivity index (χ0v) is 18.8. The zero-order chi connectivity index (χ0) is 21.9. The Labute approximate surface area is 190 Å². The highest BCUT2D eigenvalue weighted by Gasteiger charge is 2.27. The molecule has 1 unspecified atom stereocenters. The summed E-state index contributed by atoms with van der Waals surface area (Å²) in [6, 6.07) is 6.36. The van der Waals surface area contributed by atoms with Gasteiger partial charge in [-0.1, -0.05) is 6.07 Å². The summed E-state index contributed by atoms with van der Waals surface area (Å²) in [6.45, 7) is 4.59. The molecule has 3 aliphatic rings. The number of aliphatic hydroxyl groups is 1. The van der Waals surface area contributed by atoms with E-state index < -0.39 is 0 Å². The van der Waals surface area contributed by atoms with E-state index in [2.05, 4.69) is 34.4 Å². The third-order valence-electron chi connectivity index (χ3n) is 7.24. The molecule has 3 aliphatic heterocycles. The summed E-state index contributed by atoms with van der Waals surface area (Å²) in [4.78, 5) is 16.4. The van der Waals surface area contributed by atoms with Crippen LogP contribution in [0.15, 0.2) is 30.6 Å². The van der Waals surface area contributed by atoms with E-state index in [1.54, 1.807) is 0 Å². The molecule has 2 aromatic rings. The molecule has 0 bridgehead atoms. The number of likely N-dealkylation sites (tertiary alicyclic amines) is 1. The molecule has 0 radical (unpaired) electrons. The summed E-state index contributed by atoms with van der Waals surface area (Å²) >= 11 is 0. The van der Waals surface area contributed by atoms with Crippen molar-refractivity contribution in [2.45, 2.75) is 57.8 Å². The van der Waals surface area contributed by atoms with Gasteiger partial charge in [0.15, 0.2) is 0 Å². The third-order valence-corrected chi connectivity index (χ3v) is 7.24. The van der Waals surface area contributed by atoms with Crippen LogP contribution in [0.2, 0.25) is 0 Å². The summed E-state index contributed by atoms with van der Waals surface area (Å²) in [7, 11) is 0. The van der Waals surface area contributed by atoms with Gasteiger partial charge >= 0.3 is 0 Å². The van der Waals surface area contributed by atoms with Crippen LogP contribution in [0.25, 0.3) is 11.1 Å². The number of piperidine rings is 1. The van der Waals surface area contributed by atoms with Gasteiger partial charge < -0.3 is 19.6 Å². The maximum Gasteiger partial charge on any atom is 0.222 e. The first-order chi connectivity index (χ1) is 15.7. The Morgan fingerprint density at radius 1 is 1.06 bits per heavy atom. The number of carbonyl (C=O) groups is 1. The van der Waals surface area contributed by atoms with Gasteiger partial charge in [0.1, 0.15) is 6.23 Å². The van der Waals surface area contributed by atoms with E-state index in [0.717, 1.165) is 93.7 Å². The molecule has 1 aromatic carbocycles. The van der Waals surface area contributed by atoms with Gasteiger partial charge in [-0.25, -0.2) is 4.68 Å². The van der Waals surface area contributed by atoms with Gasteiger partial charge in [0.05, 0.1) is 12.8 Å². The predicted octanol–water partition coefficient (Wildman–Crippen LogP) is 3.58. The Hall–Kier alpha value is -2.38. The van der Waals surface area contributed by atoms with E-state index in [1.165, 1.54) is 6.42 Å². The van der Waals surface area contributed by atoms with Gasteiger partial charge in [0.25, 0.3) is 0 Å². The van der Waals surface area contributed by atoms with Crippen molar-refractivity contribution in [2.75, 3.05) is 37.7 Å². The molecule has 0 spiro atoms. The fraction of sp³-hybridized carbons (Fsp3) is 0.600. The van der Waals surface area contributed by atoms with Crippen LogP contribution in [0, 0.1) is 5.92 Å². The van der Waals surface area contributed by atoms with Crippen LogP contribution in [0.4, 0.5) is 5.69 Å². The molecule has 1 amide bonds. The quantitative estimate of drug-likeness (QED) is 0.747. The van der Waals surface area contributed by atoms with E-state index in [4.69, 9.17) is 4.74 Å². The van der Waals surface area contributed by atoms with E-state index in [1.807, 2.05) is 15.8 Å². The molecule has 1 atom stereocenters. The first kappa shape index (κ1) is 21.5. The van der Waals surface area contributed by atoms with E-state index in [9.17, 15) is 9.90 Å². The number of rotatable bonds is 6. The minimum atomic E-state index is 0.0191. The minimum absolute atomic E-state index is 0.0191. The van der Waals surface area contributed by atoms with Gasteiger partial charge in [0, 0.05) is 62.2 Å². The largest absolute Gasteiger partial charge is 0.392 e. The Balaban J connectivity index is 1.24. The third kappa shape index (κ3) is 4.55. The van der Waals surface area contributed by atoms with E-state index >= 15 is 0 Å². The molecule has 4 heterocycles. The number of benzene rings is 1. The van der Waals surface area contributed by atoms with Crippen molar-refractivity contribution in [1.82, 2.24) is 14.7 Å². The molecule has 172 valence electrons. The number of ether oxygens (including phenoxy) is 1. The second kappa shape index (κ2) is 9.63. The first-order valence-corrected chi connectivity index (χ1v) is 12.1. The monoisotopic (exact) mass is 438 g/mol. The van der Waals surface area contributed by atoms with Crippen LogP contribution in [-0.2, 0) is 16.1 Å². The van der Waals surface area contributed by atoms with Crippen LogP contribution in [0.3, 0.4) is 0 Å². The van der Waals surface area contributed by atoms with Gasteiger partial charge in [0.2, 0.25) is 5.91 Å². The summed E-state index contributed by atoms with van der Waals surface area (Å²) < 4.78 is 7.77. The minimum Gasteiger partial charge on any atom is -0.392 e. The van der Waals surface area contributed by atoms with Crippen molar-refractivity contribution in [3.8, 4) is 11.1 Å². The second-order valence-electron chi connectivity index (χ2n) is 9.41. The smallest absolute Gasteiger partial charge is 0.222 e. The number of carbonyl (C=O) groups excluding carboxylic acids is 1. The average Bonchev–Trinajstić information content (AvgIpc) is 3.49. The highest BCUT2D eigenvalue weighted by Crippen LogP contribution is 2.32. The summed E-state index contributed by atoms with van der Waals surface area (Å²) in [5.74, 6) is 0.905. The lowest BCUT2D eigenvalue weighted by Gasteiger charge is -2.36. The lowest BCUT2D eigenvalue weighted by molar-refractivity contribution is -0.128. The molecule has 3 fully saturated rings. The number of nitrogens with zero attached hydrogens (tertiary/aromatic N) is 4. The van der Waals surface area contributed by atoms with E-state index in [0.29, 0.717) is 11.8 Å². The van der Waals surface area contributed by atoms with Crippen molar-refractivity contribution < 1.29 is 14.6 Å². The molecule has 5 rings (SSSR count). The van der Waals surface area contributed by atoms with Crippen LogP contribution >= 0.6 is 0 Å². The molecule has 7 heteroatoms. The highest BCUT2D eigenvalue weighted by molar-refractivity contribution is 5.78. The average molecular weight is 439 g/mol.